The van der Waals surface area contributed by atoms with E-state index in [9.17, 15) is 45.5 Å². The summed E-state index contributed by atoms with van der Waals surface area (Å²) in [7, 11) is 0. The van der Waals surface area contributed by atoms with Crippen LogP contribution in [0.1, 0.15) is 132 Å². The number of nitrogens with one attached hydrogen (secondary N) is 4. The zero-order valence-corrected chi connectivity index (χ0v) is 49.2. The normalized spacial score (nSPS) is 12.5. The van der Waals surface area contributed by atoms with Gasteiger partial charge in [0.15, 0.2) is 0 Å². The van der Waals surface area contributed by atoms with Gasteiger partial charge >= 0.3 is 24.5 Å². The lowest BCUT2D eigenvalue weighted by Crippen LogP contribution is -2.32. The van der Waals surface area contributed by atoms with E-state index in [0.29, 0.717) is 33.4 Å². The molecule has 0 spiro atoms. The highest BCUT2D eigenvalue weighted by Gasteiger charge is 2.33. The summed E-state index contributed by atoms with van der Waals surface area (Å²) in [5.74, 6) is -0.734. The van der Waals surface area contributed by atoms with Crippen molar-refractivity contribution in [2.75, 3.05) is 0 Å². The molecule has 4 aromatic heterocycles. The molecule has 0 fully saturated rings. The van der Waals surface area contributed by atoms with Crippen LogP contribution in [0.5, 0.6) is 0 Å². The predicted molar refractivity (Wildman–Crippen MR) is 312 cm³/mol. The fourth-order valence-corrected chi connectivity index (χ4v) is 9.59. The molecule has 4 aromatic carbocycles. The number of aryl methyl sites for hydroxylation is 2. The summed E-state index contributed by atoms with van der Waals surface area (Å²) in [6, 6.07) is 26.6. The van der Waals surface area contributed by atoms with E-state index in [4.69, 9.17) is 9.47 Å². The third kappa shape index (κ3) is 17.8. The smallest absolute Gasteiger partial charge is 0.416 e. The maximum Gasteiger partial charge on any atom is 0.416 e. The number of pyridine rings is 2. The van der Waals surface area contributed by atoms with Gasteiger partial charge in [-0.3, -0.25) is 19.6 Å². The Morgan fingerprint density at radius 3 is 1.17 bits per heavy atom. The van der Waals surface area contributed by atoms with E-state index in [1.807, 2.05) is 24.6 Å². The van der Waals surface area contributed by atoms with Crippen LogP contribution in [0.15, 0.2) is 132 Å². The van der Waals surface area contributed by atoms with Crippen molar-refractivity contribution in [3.05, 3.63) is 187 Å². The zero-order chi connectivity index (χ0) is 61.3. The van der Waals surface area contributed by atoms with Crippen molar-refractivity contribution in [3.8, 4) is 44.8 Å². The van der Waals surface area contributed by atoms with Crippen LogP contribution in [0.25, 0.3) is 44.8 Å². The van der Waals surface area contributed by atoms with Gasteiger partial charge in [-0.25, -0.2) is 19.6 Å². The Morgan fingerprint density at radius 1 is 0.500 bits per heavy atom. The fourth-order valence-electron chi connectivity index (χ4n) is 8.35. The first-order chi connectivity index (χ1) is 39.4. The molecule has 0 aliphatic carbocycles. The summed E-state index contributed by atoms with van der Waals surface area (Å²) < 4.78 is 91.7. The molecule has 0 unspecified atom stereocenters. The second-order valence-electron chi connectivity index (χ2n) is 21.4. The molecule has 0 saturated carbocycles. The third-order valence-electron chi connectivity index (χ3n) is 12.5. The van der Waals surface area contributed by atoms with E-state index in [1.165, 1.54) is 34.8 Å². The molecule has 4 heterocycles. The second-order valence-corrected chi connectivity index (χ2v) is 23.6. The van der Waals surface area contributed by atoms with Gasteiger partial charge < -0.3 is 30.7 Å². The van der Waals surface area contributed by atoms with Crippen LogP contribution >= 0.6 is 22.7 Å². The minimum Gasteiger partial charge on any atom is -0.444 e. The number of rotatable bonds is 14. The van der Waals surface area contributed by atoms with Gasteiger partial charge in [-0.1, -0.05) is 60.7 Å². The molecular weight excluding hydrogens is 1130 g/mol. The van der Waals surface area contributed by atoms with Crippen molar-refractivity contribution in [2.45, 2.75) is 118 Å². The largest absolute Gasteiger partial charge is 0.444 e. The van der Waals surface area contributed by atoms with Gasteiger partial charge in [0, 0.05) is 47.4 Å². The van der Waals surface area contributed by atoms with Gasteiger partial charge in [0.1, 0.15) is 22.6 Å². The Kier molecular flexibility index (Phi) is 19.8. The SMILES string of the molecule is Cc1nc(-c2ccnc(C(=O)N[C@H](C)c3ccc(-c4cc(C(F)(F)F)ccc4CNC(=O)OC(C)(C)C)cc3)c2)cs1.Cc1nc(-c2ccnc(C(=O)N[C@H](C)c3ccc(-c4cc(C(F)(F)F)ccc4CNC(=O)OC(C)(C)C)cc3)c2)cs1. The molecule has 0 radical (unpaired) electrons. The topological polar surface area (TPSA) is 186 Å². The Hall–Kier alpha value is -8.50. The van der Waals surface area contributed by atoms with Crippen molar-refractivity contribution in [1.29, 1.82) is 0 Å². The Balaban J connectivity index is 0.000000241. The highest BCUT2D eigenvalue weighted by molar-refractivity contribution is 7.10. The molecule has 84 heavy (non-hydrogen) atoms. The van der Waals surface area contributed by atoms with Gasteiger partial charge in [-0.15, -0.1) is 22.7 Å². The van der Waals surface area contributed by atoms with Crippen LogP contribution in [0, 0.1) is 13.8 Å². The minimum absolute atomic E-state index is 0.0247. The average molecular weight is 1190 g/mol. The number of amides is 4. The van der Waals surface area contributed by atoms with E-state index >= 15 is 0 Å². The highest BCUT2D eigenvalue weighted by atomic mass is 32.1. The summed E-state index contributed by atoms with van der Waals surface area (Å²) in [5.41, 5.74) is 4.75. The molecule has 4 N–H and O–H groups in total. The average Bonchev–Trinajstić information content (AvgIpc) is 2.85. The van der Waals surface area contributed by atoms with Crippen molar-refractivity contribution in [2.24, 2.45) is 0 Å². The number of hydrogen-bond acceptors (Lipinski definition) is 12. The molecule has 4 amide bonds. The van der Waals surface area contributed by atoms with Gasteiger partial charge in [0.05, 0.1) is 44.6 Å². The van der Waals surface area contributed by atoms with Gasteiger partial charge in [0.25, 0.3) is 11.8 Å². The Morgan fingerprint density at radius 2 is 0.857 bits per heavy atom. The van der Waals surface area contributed by atoms with Crippen molar-refractivity contribution in [3.63, 3.8) is 0 Å². The first kappa shape index (κ1) is 63.1. The van der Waals surface area contributed by atoms with Crippen LogP contribution in [0.4, 0.5) is 35.9 Å². The highest BCUT2D eigenvalue weighted by Crippen LogP contribution is 2.37. The van der Waals surface area contributed by atoms with E-state index in [-0.39, 0.29) is 36.3 Å². The van der Waals surface area contributed by atoms with Crippen molar-refractivity contribution in [1.82, 2.24) is 41.2 Å². The molecule has 14 nitrogen and oxygen atoms in total. The summed E-state index contributed by atoms with van der Waals surface area (Å²) in [5, 5.41) is 16.7. The lowest BCUT2D eigenvalue weighted by atomic mass is 9.95. The molecule has 440 valence electrons. The van der Waals surface area contributed by atoms with E-state index < -0.39 is 59.0 Å². The molecule has 2 atom stereocenters. The number of aromatic nitrogens is 4. The number of halogens is 6. The molecule has 8 rings (SSSR count). The van der Waals surface area contributed by atoms with Crippen LogP contribution < -0.4 is 21.3 Å². The predicted octanol–water partition coefficient (Wildman–Crippen LogP) is 15.4. The first-order valence-electron chi connectivity index (χ1n) is 26.3. The number of carbonyl (C=O) groups is 4. The van der Waals surface area contributed by atoms with Crippen LogP contribution in [-0.2, 0) is 34.9 Å². The zero-order valence-electron chi connectivity index (χ0n) is 47.6. The number of nitrogens with zero attached hydrogens (tertiary/aromatic N) is 4. The summed E-state index contributed by atoms with van der Waals surface area (Å²) in [6.45, 7) is 17.7. The maximum absolute atomic E-state index is 13.5. The summed E-state index contributed by atoms with van der Waals surface area (Å²) in [4.78, 5) is 67.5. The molecule has 0 aliphatic heterocycles. The van der Waals surface area contributed by atoms with Gasteiger partial charge in [-0.05, 0) is 162 Å². The number of ether oxygens (including phenoxy) is 2. The van der Waals surface area contributed by atoms with Gasteiger partial charge in [0.2, 0.25) is 0 Å². The number of thiazole rings is 2. The number of carbonyl (C=O) groups excluding carboxylic acids is 4. The molecule has 0 bridgehead atoms. The number of alkyl carbamates (subject to hydrolysis) is 2. The van der Waals surface area contributed by atoms with E-state index in [0.717, 1.165) is 67.9 Å². The van der Waals surface area contributed by atoms with Crippen molar-refractivity contribution >= 4 is 46.7 Å². The number of hydrogen-bond donors (Lipinski definition) is 4. The Bertz CT molecular complexity index is 3390. The monoisotopic (exact) mass is 1190 g/mol. The van der Waals surface area contributed by atoms with E-state index in [2.05, 4.69) is 41.2 Å². The first-order valence-corrected chi connectivity index (χ1v) is 28.1. The van der Waals surface area contributed by atoms with Crippen LogP contribution in [0.3, 0.4) is 0 Å². The van der Waals surface area contributed by atoms with Crippen LogP contribution in [-0.4, -0.2) is 55.1 Å². The van der Waals surface area contributed by atoms with E-state index in [1.54, 1.807) is 141 Å². The number of benzene rings is 4. The Labute approximate surface area is 490 Å². The molecule has 22 heteroatoms. The molecule has 0 aliphatic rings. The standard InChI is InChI=1S/2C31H31F3N4O3S/c2*1-18(37-28(39)26-14-22(12-13-35-26)27-17-42-19(2)38-27)20-6-8-21(9-7-20)25-15-24(31(32,33)34)11-10-23(25)16-36-29(40)41-30(3,4)5/h2*6-15,17-18H,16H2,1-5H3,(H,36,40)(H,37,39)/t2*18-/m11/s1. The molecular formula is C62H62F6N8O6S2. The minimum atomic E-state index is -4.53. The third-order valence-corrected chi connectivity index (χ3v) is 14.0. The maximum atomic E-state index is 13.5. The molecule has 8 aromatic rings. The lowest BCUT2D eigenvalue weighted by molar-refractivity contribution is -0.138. The second kappa shape index (κ2) is 26.4. The van der Waals surface area contributed by atoms with Crippen molar-refractivity contribution < 1.29 is 55.0 Å². The van der Waals surface area contributed by atoms with Crippen LogP contribution in [0.2, 0.25) is 0 Å². The summed E-state index contributed by atoms with van der Waals surface area (Å²) >= 11 is 3.03. The quantitative estimate of drug-likeness (QED) is 0.0764. The molecule has 0 saturated heterocycles. The lowest BCUT2D eigenvalue weighted by Gasteiger charge is -2.20. The fraction of sp³-hybridized carbons (Fsp3) is 0.290. The number of alkyl halides is 6. The summed E-state index contributed by atoms with van der Waals surface area (Å²) in [6.07, 6.45) is -7.29. The van der Waals surface area contributed by atoms with Gasteiger partial charge in [-0.2, -0.15) is 26.3 Å².